The largest absolute Gasteiger partial charge is 0.385 e. The molecule has 0 bridgehead atoms. The average molecular weight is 290 g/mol. The highest BCUT2D eigenvalue weighted by atomic mass is 79.9. The maximum Gasteiger partial charge on any atom is 0.130 e. The van der Waals surface area contributed by atoms with E-state index in [1.54, 1.807) is 7.11 Å². The van der Waals surface area contributed by atoms with Crippen LogP contribution in [0, 0.1) is 6.92 Å². The number of rotatable bonds is 6. The van der Waals surface area contributed by atoms with Crippen LogP contribution < -0.4 is 4.90 Å². The smallest absolute Gasteiger partial charge is 0.130 e. The Morgan fingerprint density at radius 1 is 1.50 bits per heavy atom. The topological polar surface area (TPSA) is 30.3 Å². The zero-order chi connectivity index (χ0) is 12.1. The SMILES string of the molecule is COCCCN(C)c1c(CBr)c(C)nn1C. The van der Waals surface area contributed by atoms with Crippen molar-refractivity contribution in [1.82, 2.24) is 9.78 Å². The van der Waals surface area contributed by atoms with E-state index in [4.69, 9.17) is 4.74 Å². The summed E-state index contributed by atoms with van der Waals surface area (Å²) in [5.41, 5.74) is 2.36. The van der Waals surface area contributed by atoms with E-state index in [2.05, 4.69) is 33.0 Å². The van der Waals surface area contributed by atoms with Crippen molar-refractivity contribution >= 4 is 21.7 Å². The molecule has 0 aliphatic heterocycles. The van der Waals surface area contributed by atoms with Gasteiger partial charge in [-0.3, -0.25) is 4.68 Å². The molecule has 1 aromatic rings. The number of halogens is 1. The number of anilines is 1. The monoisotopic (exact) mass is 289 g/mol. The third kappa shape index (κ3) is 2.98. The van der Waals surface area contributed by atoms with E-state index in [-0.39, 0.29) is 0 Å². The predicted octanol–water partition coefficient (Wildman–Crippen LogP) is 2.10. The Morgan fingerprint density at radius 2 is 2.19 bits per heavy atom. The van der Waals surface area contributed by atoms with Gasteiger partial charge in [0.2, 0.25) is 0 Å². The molecule has 4 nitrogen and oxygen atoms in total. The summed E-state index contributed by atoms with van der Waals surface area (Å²) in [4.78, 5) is 2.23. The number of hydrogen-bond donors (Lipinski definition) is 0. The summed E-state index contributed by atoms with van der Waals surface area (Å²) in [5.74, 6) is 1.19. The molecule has 0 fully saturated rings. The number of ether oxygens (including phenoxy) is 1. The third-order valence-electron chi connectivity index (χ3n) is 2.65. The summed E-state index contributed by atoms with van der Waals surface area (Å²) in [6, 6.07) is 0. The van der Waals surface area contributed by atoms with E-state index in [1.807, 2.05) is 18.7 Å². The summed E-state index contributed by atoms with van der Waals surface area (Å²) in [6.07, 6.45) is 1.03. The lowest BCUT2D eigenvalue weighted by Crippen LogP contribution is -2.23. The molecule has 92 valence electrons. The summed E-state index contributed by atoms with van der Waals surface area (Å²) >= 11 is 3.52. The number of alkyl halides is 1. The van der Waals surface area contributed by atoms with E-state index in [9.17, 15) is 0 Å². The predicted molar refractivity (Wildman–Crippen MR) is 70.3 cm³/mol. The van der Waals surface area contributed by atoms with Crippen molar-refractivity contribution in [2.75, 3.05) is 32.2 Å². The van der Waals surface area contributed by atoms with Crippen LogP contribution in [-0.2, 0) is 17.1 Å². The van der Waals surface area contributed by atoms with Gasteiger partial charge in [-0.25, -0.2) is 0 Å². The first-order chi connectivity index (χ1) is 7.61. The maximum absolute atomic E-state index is 5.06. The van der Waals surface area contributed by atoms with Crippen molar-refractivity contribution in [3.8, 4) is 0 Å². The first-order valence-electron chi connectivity index (χ1n) is 5.40. The molecule has 5 heteroatoms. The number of hydrogen-bond acceptors (Lipinski definition) is 3. The Hall–Kier alpha value is -0.550. The maximum atomic E-state index is 5.06. The van der Waals surface area contributed by atoms with E-state index in [0.717, 1.165) is 30.6 Å². The summed E-state index contributed by atoms with van der Waals surface area (Å²) in [5, 5.41) is 5.29. The molecule has 0 aromatic carbocycles. The standard InChI is InChI=1S/C11H20BrN3O/c1-9-10(8-12)11(15(3)13-9)14(2)6-5-7-16-4/h5-8H2,1-4H3. The van der Waals surface area contributed by atoms with E-state index in [1.165, 1.54) is 11.4 Å². The first-order valence-corrected chi connectivity index (χ1v) is 6.52. The number of aromatic nitrogens is 2. The van der Waals surface area contributed by atoms with Gasteiger partial charge in [-0.2, -0.15) is 5.10 Å². The lowest BCUT2D eigenvalue weighted by atomic mass is 10.2. The molecule has 0 spiro atoms. The minimum absolute atomic E-state index is 0.796. The van der Waals surface area contributed by atoms with Gasteiger partial charge in [-0.05, 0) is 13.3 Å². The lowest BCUT2D eigenvalue weighted by molar-refractivity contribution is 0.196. The van der Waals surface area contributed by atoms with Gasteiger partial charge < -0.3 is 9.64 Å². The average Bonchev–Trinajstić information content (AvgIpc) is 2.53. The van der Waals surface area contributed by atoms with Crippen molar-refractivity contribution in [3.05, 3.63) is 11.3 Å². The molecule has 16 heavy (non-hydrogen) atoms. The molecular weight excluding hydrogens is 270 g/mol. The number of methoxy groups -OCH3 is 1. The molecule has 1 aromatic heterocycles. The van der Waals surface area contributed by atoms with E-state index >= 15 is 0 Å². The number of aryl methyl sites for hydroxylation is 2. The zero-order valence-corrected chi connectivity index (χ0v) is 12.0. The molecule has 0 unspecified atom stereocenters. The van der Waals surface area contributed by atoms with Gasteiger partial charge in [0.15, 0.2) is 0 Å². The summed E-state index contributed by atoms with van der Waals surface area (Å²) in [7, 11) is 5.82. The highest BCUT2D eigenvalue weighted by molar-refractivity contribution is 9.08. The second-order valence-electron chi connectivity index (χ2n) is 3.91. The number of nitrogens with zero attached hydrogens (tertiary/aromatic N) is 3. The van der Waals surface area contributed by atoms with E-state index in [0.29, 0.717) is 0 Å². The van der Waals surface area contributed by atoms with Crippen LogP contribution in [0.5, 0.6) is 0 Å². The Morgan fingerprint density at radius 3 is 2.75 bits per heavy atom. The Bertz CT molecular complexity index is 338. The van der Waals surface area contributed by atoms with Crippen LogP contribution in [0.25, 0.3) is 0 Å². The van der Waals surface area contributed by atoms with Crippen LogP contribution >= 0.6 is 15.9 Å². The van der Waals surface area contributed by atoms with Gasteiger partial charge in [0.05, 0.1) is 5.69 Å². The first kappa shape index (κ1) is 13.5. The Kier molecular flexibility index (Phi) is 5.28. The van der Waals surface area contributed by atoms with Crippen molar-refractivity contribution in [1.29, 1.82) is 0 Å². The van der Waals surface area contributed by atoms with Crippen LogP contribution in [-0.4, -0.2) is 37.1 Å². The Labute approximate surface area is 106 Å². The molecular formula is C11H20BrN3O. The molecule has 1 heterocycles. The van der Waals surface area contributed by atoms with Crippen LogP contribution in [0.15, 0.2) is 0 Å². The minimum atomic E-state index is 0.796. The van der Waals surface area contributed by atoms with Crippen molar-refractivity contribution in [3.63, 3.8) is 0 Å². The van der Waals surface area contributed by atoms with Gasteiger partial charge in [0.25, 0.3) is 0 Å². The molecule has 0 aliphatic carbocycles. The zero-order valence-electron chi connectivity index (χ0n) is 10.5. The van der Waals surface area contributed by atoms with Crippen molar-refractivity contribution < 1.29 is 4.74 Å². The Balaban J connectivity index is 2.77. The van der Waals surface area contributed by atoms with Crippen LogP contribution in [0.2, 0.25) is 0 Å². The van der Waals surface area contributed by atoms with Crippen molar-refractivity contribution in [2.45, 2.75) is 18.7 Å². The molecule has 0 amide bonds. The third-order valence-corrected chi connectivity index (χ3v) is 3.21. The summed E-state index contributed by atoms with van der Waals surface area (Å²) < 4.78 is 7.00. The molecule has 0 aliphatic rings. The van der Waals surface area contributed by atoms with Gasteiger partial charge in [-0.1, -0.05) is 15.9 Å². The van der Waals surface area contributed by atoms with E-state index < -0.39 is 0 Å². The fourth-order valence-electron chi connectivity index (χ4n) is 1.88. The molecule has 0 atom stereocenters. The summed E-state index contributed by atoms with van der Waals surface area (Å²) in [6.45, 7) is 3.82. The molecule has 0 N–H and O–H groups in total. The van der Waals surface area contributed by atoms with Gasteiger partial charge in [0.1, 0.15) is 5.82 Å². The highest BCUT2D eigenvalue weighted by Gasteiger charge is 2.15. The van der Waals surface area contributed by atoms with Crippen LogP contribution in [0.1, 0.15) is 17.7 Å². The molecule has 0 saturated carbocycles. The molecule has 0 radical (unpaired) electrons. The van der Waals surface area contributed by atoms with Gasteiger partial charge in [0, 0.05) is 45.3 Å². The fourth-order valence-corrected chi connectivity index (χ4v) is 2.53. The molecule has 1 rings (SSSR count). The fraction of sp³-hybridized carbons (Fsp3) is 0.727. The van der Waals surface area contributed by atoms with Gasteiger partial charge in [-0.15, -0.1) is 0 Å². The second-order valence-corrected chi connectivity index (χ2v) is 4.47. The second kappa shape index (κ2) is 6.25. The lowest BCUT2D eigenvalue weighted by Gasteiger charge is -2.20. The minimum Gasteiger partial charge on any atom is -0.385 e. The highest BCUT2D eigenvalue weighted by Crippen LogP contribution is 2.24. The quantitative estimate of drug-likeness (QED) is 0.593. The van der Waals surface area contributed by atoms with Crippen LogP contribution in [0.3, 0.4) is 0 Å². The normalized spacial score (nSPS) is 10.8. The molecule has 0 saturated heterocycles. The van der Waals surface area contributed by atoms with Crippen LogP contribution in [0.4, 0.5) is 5.82 Å². The van der Waals surface area contributed by atoms with Gasteiger partial charge >= 0.3 is 0 Å². The van der Waals surface area contributed by atoms with Crippen molar-refractivity contribution in [2.24, 2.45) is 7.05 Å².